The minimum Gasteiger partial charge on any atom is -0.396 e. The van der Waals surface area contributed by atoms with Crippen LogP contribution >= 0.6 is 15.9 Å². The predicted octanol–water partition coefficient (Wildman–Crippen LogP) is 1.37. The van der Waals surface area contributed by atoms with Gasteiger partial charge in [0.2, 0.25) is 0 Å². The highest BCUT2D eigenvalue weighted by Crippen LogP contribution is 2.54. The Morgan fingerprint density at radius 2 is 1.03 bits per heavy atom. The molecular weight excluding hydrogens is 442 g/mol. The van der Waals surface area contributed by atoms with E-state index in [0.717, 1.165) is 11.1 Å². The van der Waals surface area contributed by atoms with Crippen LogP contribution in [0.4, 0.5) is 0 Å². The van der Waals surface area contributed by atoms with Crippen molar-refractivity contribution in [2.45, 2.75) is 27.7 Å². The summed E-state index contributed by atoms with van der Waals surface area (Å²) >= 11 is 0. The molecule has 0 amide bonds. The van der Waals surface area contributed by atoms with Crippen molar-refractivity contribution in [1.29, 1.82) is 0 Å². The van der Waals surface area contributed by atoms with E-state index in [1.165, 1.54) is 0 Å². The SMILES string of the molecule is Cc1ccc([P+](O)(O)OCC(CO)(CO)CO[P+](O)(O)c2ccc(C)cc2C)c(C)c1. The van der Waals surface area contributed by atoms with E-state index in [1.807, 2.05) is 13.8 Å². The fourth-order valence-corrected chi connectivity index (χ4v) is 5.90. The number of rotatable bonds is 10. The molecule has 2 rings (SSSR count). The summed E-state index contributed by atoms with van der Waals surface area (Å²) in [5.41, 5.74) is 1.70. The van der Waals surface area contributed by atoms with Crippen LogP contribution in [-0.2, 0) is 9.05 Å². The van der Waals surface area contributed by atoms with Crippen molar-refractivity contribution in [2.75, 3.05) is 26.4 Å². The molecule has 0 spiro atoms. The van der Waals surface area contributed by atoms with E-state index >= 15 is 0 Å². The van der Waals surface area contributed by atoms with Gasteiger partial charge >= 0.3 is 15.9 Å². The van der Waals surface area contributed by atoms with Crippen LogP contribution in [0.5, 0.6) is 0 Å². The molecule has 172 valence electrons. The number of aliphatic hydroxyl groups excluding tert-OH is 2. The predicted molar refractivity (Wildman–Crippen MR) is 122 cm³/mol. The monoisotopic (exact) mass is 474 g/mol. The summed E-state index contributed by atoms with van der Waals surface area (Å²) in [5.74, 6) is 0. The van der Waals surface area contributed by atoms with Crippen molar-refractivity contribution in [3.63, 3.8) is 0 Å². The van der Waals surface area contributed by atoms with Gasteiger partial charge in [-0.05, 0) is 51.0 Å². The fraction of sp³-hybridized carbons (Fsp3) is 0.429. The molecule has 0 aromatic heterocycles. The number of hydrogen-bond acceptors (Lipinski definition) is 8. The second-order valence-corrected chi connectivity index (χ2v) is 11.7. The molecule has 0 aliphatic heterocycles. The normalized spacial score (nSPS) is 13.0. The topological polar surface area (TPSA) is 140 Å². The summed E-state index contributed by atoms with van der Waals surface area (Å²) < 4.78 is 10.7. The first-order chi connectivity index (χ1) is 14.4. The average molecular weight is 474 g/mol. The smallest absolute Gasteiger partial charge is 0.396 e. The van der Waals surface area contributed by atoms with Crippen LogP contribution in [0.15, 0.2) is 36.4 Å². The zero-order valence-electron chi connectivity index (χ0n) is 18.2. The van der Waals surface area contributed by atoms with Gasteiger partial charge in [-0.2, -0.15) is 28.6 Å². The molecule has 0 aliphatic rings. The van der Waals surface area contributed by atoms with Gasteiger partial charge < -0.3 is 10.2 Å². The molecule has 8 nitrogen and oxygen atoms in total. The van der Waals surface area contributed by atoms with Crippen LogP contribution in [0.2, 0.25) is 0 Å². The molecule has 0 fully saturated rings. The second-order valence-electron chi connectivity index (χ2n) is 8.03. The molecule has 0 heterocycles. The molecule has 2 aromatic carbocycles. The molecule has 0 radical (unpaired) electrons. The van der Waals surface area contributed by atoms with E-state index in [9.17, 15) is 29.8 Å². The molecule has 2 aromatic rings. The Kier molecular flexibility index (Phi) is 8.70. The van der Waals surface area contributed by atoms with Crippen LogP contribution in [0.25, 0.3) is 0 Å². The van der Waals surface area contributed by atoms with Gasteiger partial charge in [0.1, 0.15) is 13.2 Å². The average Bonchev–Trinajstić information content (AvgIpc) is 2.68. The van der Waals surface area contributed by atoms with E-state index in [0.29, 0.717) is 11.1 Å². The van der Waals surface area contributed by atoms with E-state index in [4.69, 9.17) is 9.05 Å². The minimum absolute atomic E-state index is 0.227. The van der Waals surface area contributed by atoms with Gasteiger partial charge in [-0.1, -0.05) is 35.4 Å². The first kappa shape index (κ1) is 26.2. The standard InChI is InChI=1S/C21H32O8P2/c1-15-5-7-19(17(3)9-15)30(24,25)28-13-21(11-22,12-23)14-29-31(26,27)20-8-6-16(2)10-18(20)4/h5-10,22-27H,11-14H2,1-4H3/q+2. The first-order valence-electron chi connectivity index (χ1n) is 9.71. The molecule has 0 bridgehead atoms. The Labute approximate surface area is 183 Å². The largest absolute Gasteiger partial charge is 0.443 e. The lowest BCUT2D eigenvalue weighted by Gasteiger charge is -2.28. The van der Waals surface area contributed by atoms with Gasteiger partial charge in [0, 0.05) is 0 Å². The van der Waals surface area contributed by atoms with Crippen LogP contribution in [0.3, 0.4) is 0 Å². The van der Waals surface area contributed by atoms with E-state index < -0.39 is 47.7 Å². The molecule has 0 unspecified atom stereocenters. The Morgan fingerprint density at radius 3 is 1.32 bits per heavy atom. The van der Waals surface area contributed by atoms with Crippen molar-refractivity contribution in [3.05, 3.63) is 58.7 Å². The molecule has 0 atom stereocenters. The van der Waals surface area contributed by atoms with Gasteiger partial charge in [0.05, 0.1) is 18.6 Å². The maximum atomic E-state index is 10.5. The number of aryl methyl sites for hydroxylation is 4. The maximum Gasteiger partial charge on any atom is 0.443 e. The highest BCUT2D eigenvalue weighted by molar-refractivity contribution is 7.68. The molecule has 6 N–H and O–H groups in total. The van der Waals surface area contributed by atoms with Crippen LogP contribution in [0, 0.1) is 33.1 Å². The Morgan fingerprint density at radius 1 is 0.677 bits per heavy atom. The van der Waals surface area contributed by atoms with Crippen molar-refractivity contribution in [3.8, 4) is 0 Å². The van der Waals surface area contributed by atoms with Gasteiger partial charge in [-0.15, -0.1) is 0 Å². The van der Waals surface area contributed by atoms with Crippen LogP contribution in [-0.4, -0.2) is 56.2 Å². The maximum absolute atomic E-state index is 10.5. The summed E-state index contributed by atoms with van der Waals surface area (Å²) in [4.78, 5) is 42.1. The zero-order valence-corrected chi connectivity index (χ0v) is 20.0. The summed E-state index contributed by atoms with van der Waals surface area (Å²) in [5, 5.41) is 20.2. The zero-order chi connectivity index (χ0) is 23.4. The highest BCUT2D eigenvalue weighted by Gasteiger charge is 2.48. The number of aliphatic hydroxyl groups is 2. The highest BCUT2D eigenvalue weighted by atomic mass is 31.2. The van der Waals surface area contributed by atoms with Gasteiger partial charge in [0.25, 0.3) is 0 Å². The first-order valence-corrected chi connectivity index (χ1v) is 12.9. The number of benzene rings is 2. The summed E-state index contributed by atoms with van der Waals surface area (Å²) in [6, 6.07) is 10.1. The third-order valence-corrected chi connectivity index (χ3v) is 8.34. The Bertz CT molecular complexity index is 827. The molecule has 0 saturated heterocycles. The third kappa shape index (κ3) is 6.50. The fourth-order valence-electron chi connectivity index (χ4n) is 3.13. The van der Waals surface area contributed by atoms with E-state index in [-0.39, 0.29) is 10.6 Å². The Balaban J connectivity index is 2.16. The lowest BCUT2D eigenvalue weighted by atomic mass is 9.93. The van der Waals surface area contributed by atoms with E-state index in [1.54, 1.807) is 50.2 Å². The molecule has 10 heteroatoms. The quantitative estimate of drug-likeness (QED) is 0.284. The Hall–Kier alpha value is -1.02. The van der Waals surface area contributed by atoms with Gasteiger partial charge in [-0.3, -0.25) is 0 Å². The van der Waals surface area contributed by atoms with Crippen molar-refractivity contribution in [2.24, 2.45) is 5.41 Å². The van der Waals surface area contributed by atoms with Crippen LogP contribution in [0.1, 0.15) is 22.3 Å². The molecule has 0 aliphatic carbocycles. The second kappa shape index (κ2) is 10.3. The molecular formula is C21H32O8P2+2. The third-order valence-electron chi connectivity index (χ3n) is 5.10. The van der Waals surface area contributed by atoms with Crippen LogP contribution < -0.4 is 10.6 Å². The summed E-state index contributed by atoms with van der Waals surface area (Å²) in [6.45, 7) is 4.99. The van der Waals surface area contributed by atoms with Crippen molar-refractivity contribution >= 4 is 26.5 Å². The summed E-state index contributed by atoms with van der Waals surface area (Å²) in [7, 11) is -8.01. The van der Waals surface area contributed by atoms with Crippen molar-refractivity contribution in [1.82, 2.24) is 0 Å². The molecule has 31 heavy (non-hydrogen) atoms. The van der Waals surface area contributed by atoms with Gasteiger partial charge in [0.15, 0.2) is 10.6 Å². The number of hydrogen-bond donors (Lipinski definition) is 6. The lowest BCUT2D eigenvalue weighted by molar-refractivity contribution is -0.0259. The van der Waals surface area contributed by atoms with E-state index in [2.05, 4.69) is 0 Å². The van der Waals surface area contributed by atoms with Crippen molar-refractivity contribution < 1.29 is 38.8 Å². The van der Waals surface area contributed by atoms with Gasteiger partial charge in [-0.25, -0.2) is 0 Å². The molecule has 0 saturated carbocycles. The summed E-state index contributed by atoms with van der Waals surface area (Å²) in [6.07, 6.45) is 0. The lowest BCUT2D eigenvalue weighted by Crippen LogP contribution is -2.40. The minimum atomic E-state index is -4.00.